The minimum Gasteiger partial charge on any atom is -0.316 e. The van der Waals surface area contributed by atoms with Crippen molar-refractivity contribution in [3.05, 3.63) is 0 Å². The molecule has 2 heteroatoms. The molecule has 2 heterocycles. The van der Waals surface area contributed by atoms with Gasteiger partial charge in [0.25, 0.3) is 0 Å². The largest absolute Gasteiger partial charge is 0.316 e. The van der Waals surface area contributed by atoms with Crippen LogP contribution in [0.3, 0.4) is 0 Å². The standard InChI is InChI=1S/C13H26N2/c1-12(2,3)10-15-8-4-5-13(11-15)6-7-14-9-13/h14H,4-11H2,1-3H3/t13-/m1/s1. The summed E-state index contributed by atoms with van der Waals surface area (Å²) >= 11 is 0. The van der Waals surface area contributed by atoms with Crippen LogP contribution in [0.4, 0.5) is 0 Å². The van der Waals surface area contributed by atoms with E-state index < -0.39 is 0 Å². The average Bonchev–Trinajstić information content (AvgIpc) is 2.50. The molecule has 0 aromatic heterocycles. The second kappa shape index (κ2) is 4.06. The summed E-state index contributed by atoms with van der Waals surface area (Å²) in [7, 11) is 0. The van der Waals surface area contributed by atoms with Crippen molar-refractivity contribution in [3.63, 3.8) is 0 Å². The number of hydrogen-bond donors (Lipinski definition) is 1. The molecule has 1 N–H and O–H groups in total. The van der Waals surface area contributed by atoms with Gasteiger partial charge in [-0.3, -0.25) is 0 Å². The van der Waals surface area contributed by atoms with Gasteiger partial charge < -0.3 is 10.2 Å². The first kappa shape index (κ1) is 11.4. The fourth-order valence-corrected chi connectivity index (χ4v) is 3.26. The van der Waals surface area contributed by atoms with Crippen LogP contribution in [0.5, 0.6) is 0 Å². The fourth-order valence-electron chi connectivity index (χ4n) is 3.26. The maximum absolute atomic E-state index is 3.54. The zero-order chi connectivity index (χ0) is 10.9. The Balaban J connectivity index is 1.92. The van der Waals surface area contributed by atoms with Crippen LogP contribution in [-0.4, -0.2) is 37.6 Å². The van der Waals surface area contributed by atoms with Crippen LogP contribution < -0.4 is 5.32 Å². The molecule has 88 valence electrons. The predicted octanol–water partition coefficient (Wildman–Crippen LogP) is 2.11. The van der Waals surface area contributed by atoms with E-state index in [9.17, 15) is 0 Å². The van der Waals surface area contributed by atoms with Crippen molar-refractivity contribution in [2.24, 2.45) is 10.8 Å². The molecule has 2 rings (SSSR count). The predicted molar refractivity (Wildman–Crippen MR) is 65.0 cm³/mol. The topological polar surface area (TPSA) is 15.3 Å². The second-order valence-electron chi connectivity index (χ2n) is 6.80. The van der Waals surface area contributed by atoms with Gasteiger partial charge in [0.05, 0.1) is 0 Å². The van der Waals surface area contributed by atoms with E-state index in [1.54, 1.807) is 0 Å². The quantitative estimate of drug-likeness (QED) is 0.713. The van der Waals surface area contributed by atoms with Gasteiger partial charge in [-0.1, -0.05) is 20.8 Å². The zero-order valence-electron chi connectivity index (χ0n) is 10.6. The number of rotatable bonds is 1. The molecule has 0 unspecified atom stereocenters. The highest BCUT2D eigenvalue weighted by Crippen LogP contribution is 2.36. The monoisotopic (exact) mass is 210 g/mol. The highest BCUT2D eigenvalue weighted by atomic mass is 15.2. The van der Waals surface area contributed by atoms with Crippen molar-refractivity contribution in [2.45, 2.75) is 40.0 Å². The molecule has 0 bridgehead atoms. The van der Waals surface area contributed by atoms with E-state index in [0.29, 0.717) is 10.8 Å². The summed E-state index contributed by atoms with van der Waals surface area (Å²) in [6, 6.07) is 0. The van der Waals surface area contributed by atoms with E-state index in [1.165, 1.54) is 52.0 Å². The van der Waals surface area contributed by atoms with Gasteiger partial charge in [0.2, 0.25) is 0 Å². The smallest absolute Gasteiger partial charge is 0.00509 e. The van der Waals surface area contributed by atoms with E-state index >= 15 is 0 Å². The summed E-state index contributed by atoms with van der Waals surface area (Å²) < 4.78 is 0. The summed E-state index contributed by atoms with van der Waals surface area (Å²) in [5.74, 6) is 0. The fraction of sp³-hybridized carbons (Fsp3) is 1.00. The normalized spacial score (nSPS) is 33.8. The van der Waals surface area contributed by atoms with Crippen LogP contribution in [-0.2, 0) is 0 Å². The van der Waals surface area contributed by atoms with Crippen LogP contribution in [0.2, 0.25) is 0 Å². The Hall–Kier alpha value is -0.0800. The van der Waals surface area contributed by atoms with Gasteiger partial charge in [0, 0.05) is 19.6 Å². The van der Waals surface area contributed by atoms with Gasteiger partial charge in [0.15, 0.2) is 0 Å². The third-order valence-electron chi connectivity index (χ3n) is 3.77. The molecule has 1 atom stereocenters. The molecule has 0 aromatic rings. The molecule has 2 aliphatic rings. The third-order valence-corrected chi connectivity index (χ3v) is 3.77. The third kappa shape index (κ3) is 2.94. The Morgan fingerprint density at radius 3 is 2.67 bits per heavy atom. The summed E-state index contributed by atoms with van der Waals surface area (Å²) in [4.78, 5) is 2.69. The van der Waals surface area contributed by atoms with Crippen molar-refractivity contribution in [2.75, 3.05) is 32.7 Å². The SMILES string of the molecule is CC(C)(C)CN1CCC[C@]2(CCNC2)C1. The summed E-state index contributed by atoms with van der Waals surface area (Å²) in [5, 5.41) is 3.54. The van der Waals surface area contributed by atoms with E-state index in [-0.39, 0.29) is 0 Å². The van der Waals surface area contributed by atoms with Crippen LogP contribution in [0.25, 0.3) is 0 Å². The van der Waals surface area contributed by atoms with Gasteiger partial charge >= 0.3 is 0 Å². The highest BCUT2D eigenvalue weighted by Gasteiger charge is 2.38. The molecule has 0 aromatic carbocycles. The molecular weight excluding hydrogens is 184 g/mol. The lowest BCUT2D eigenvalue weighted by atomic mass is 9.78. The molecule has 1 spiro atoms. The second-order valence-corrected chi connectivity index (χ2v) is 6.80. The lowest BCUT2D eigenvalue weighted by Crippen LogP contribution is -2.47. The lowest BCUT2D eigenvalue weighted by Gasteiger charge is -2.42. The van der Waals surface area contributed by atoms with E-state index in [4.69, 9.17) is 0 Å². The summed E-state index contributed by atoms with van der Waals surface area (Å²) in [6.45, 7) is 13.4. The molecule has 0 amide bonds. The van der Waals surface area contributed by atoms with Gasteiger partial charge in [-0.25, -0.2) is 0 Å². The van der Waals surface area contributed by atoms with Gasteiger partial charge in [-0.05, 0) is 43.2 Å². The average molecular weight is 210 g/mol. The van der Waals surface area contributed by atoms with Crippen LogP contribution >= 0.6 is 0 Å². The van der Waals surface area contributed by atoms with Crippen LogP contribution in [0.1, 0.15) is 40.0 Å². The first-order valence-corrected chi connectivity index (χ1v) is 6.42. The zero-order valence-corrected chi connectivity index (χ0v) is 10.6. The lowest BCUT2D eigenvalue weighted by molar-refractivity contribution is 0.0757. The first-order chi connectivity index (χ1) is 6.99. The number of hydrogen-bond acceptors (Lipinski definition) is 2. The summed E-state index contributed by atoms with van der Waals surface area (Å²) in [6.07, 6.45) is 4.24. The maximum atomic E-state index is 3.54. The van der Waals surface area contributed by atoms with Gasteiger partial charge in [-0.15, -0.1) is 0 Å². The number of nitrogens with zero attached hydrogens (tertiary/aromatic N) is 1. The molecule has 0 saturated carbocycles. The summed E-state index contributed by atoms with van der Waals surface area (Å²) in [5.41, 5.74) is 1.08. The van der Waals surface area contributed by atoms with Crippen molar-refractivity contribution < 1.29 is 0 Å². The molecule has 15 heavy (non-hydrogen) atoms. The first-order valence-electron chi connectivity index (χ1n) is 6.42. The number of likely N-dealkylation sites (tertiary alicyclic amines) is 1. The van der Waals surface area contributed by atoms with Gasteiger partial charge in [-0.2, -0.15) is 0 Å². The highest BCUT2D eigenvalue weighted by molar-refractivity contribution is 4.93. The molecule has 2 fully saturated rings. The van der Waals surface area contributed by atoms with E-state index in [2.05, 4.69) is 31.0 Å². The van der Waals surface area contributed by atoms with Crippen molar-refractivity contribution in [1.82, 2.24) is 10.2 Å². The molecule has 0 aliphatic carbocycles. The van der Waals surface area contributed by atoms with Crippen LogP contribution in [0.15, 0.2) is 0 Å². The Morgan fingerprint density at radius 2 is 2.07 bits per heavy atom. The van der Waals surface area contributed by atoms with Gasteiger partial charge in [0.1, 0.15) is 0 Å². The Kier molecular flexibility index (Phi) is 3.09. The van der Waals surface area contributed by atoms with E-state index in [0.717, 1.165) is 0 Å². The van der Waals surface area contributed by atoms with Crippen LogP contribution in [0, 0.1) is 10.8 Å². The molecule has 2 saturated heterocycles. The van der Waals surface area contributed by atoms with Crippen molar-refractivity contribution in [3.8, 4) is 0 Å². The Morgan fingerprint density at radius 1 is 1.27 bits per heavy atom. The minimum absolute atomic E-state index is 0.449. The van der Waals surface area contributed by atoms with Crippen molar-refractivity contribution in [1.29, 1.82) is 0 Å². The molecule has 0 radical (unpaired) electrons. The Labute approximate surface area is 94.4 Å². The Bertz CT molecular complexity index is 211. The molecular formula is C13H26N2. The van der Waals surface area contributed by atoms with Crippen molar-refractivity contribution >= 4 is 0 Å². The maximum Gasteiger partial charge on any atom is 0.00509 e. The molecule has 2 aliphatic heterocycles. The molecule has 2 nitrogen and oxygen atoms in total. The minimum atomic E-state index is 0.449. The number of piperidine rings is 1. The number of nitrogens with one attached hydrogen (secondary N) is 1. The van der Waals surface area contributed by atoms with E-state index in [1.807, 2.05) is 0 Å².